The summed E-state index contributed by atoms with van der Waals surface area (Å²) in [5.41, 5.74) is -2.92. The molecule has 13 nitrogen and oxygen atoms in total. The predicted molar refractivity (Wildman–Crippen MR) is 87.7 cm³/mol. The lowest BCUT2D eigenvalue weighted by molar-refractivity contribution is -0.394. The number of non-ortho nitro benzene ring substituents is 1. The minimum absolute atomic E-state index is 0.0534. The Morgan fingerprint density at radius 3 is 2.44 bits per heavy atom. The molecule has 0 unspecified atom stereocenters. The maximum absolute atomic E-state index is 12.8. The van der Waals surface area contributed by atoms with Gasteiger partial charge in [-0.3, -0.25) is 25.0 Å². The lowest BCUT2D eigenvalue weighted by Crippen LogP contribution is -2.28. The van der Waals surface area contributed by atoms with Crippen LogP contribution < -0.4 is 10.4 Å². The number of aliphatic hydroxyl groups excluding tert-OH is 1. The molecule has 13 heteroatoms. The van der Waals surface area contributed by atoms with Gasteiger partial charge in [0, 0.05) is 13.0 Å². The Labute approximate surface area is 149 Å². The molecule has 0 atom stereocenters. The number of allylic oxidation sites excluding steroid dienone is 2. The number of aliphatic hydroxyl groups is 1. The Bertz CT molecular complexity index is 1110. The Hall–Kier alpha value is -4.03. The lowest BCUT2D eigenvalue weighted by atomic mass is 10.2. The highest BCUT2D eigenvalue weighted by molar-refractivity contribution is 6.13. The van der Waals surface area contributed by atoms with E-state index >= 15 is 0 Å². The Morgan fingerprint density at radius 2 is 1.93 bits per heavy atom. The van der Waals surface area contributed by atoms with Crippen molar-refractivity contribution in [1.29, 1.82) is 0 Å². The number of nitro groups is 2. The fraction of sp³-hybridized carbons (Fsp3) is 0.214. The number of hydrogen-bond donors (Lipinski definition) is 1. The third kappa shape index (κ3) is 2.70. The van der Waals surface area contributed by atoms with E-state index in [9.17, 15) is 34.9 Å². The molecule has 0 amide bonds. The molecule has 1 aliphatic rings. The molecule has 2 aromatic rings. The van der Waals surface area contributed by atoms with Crippen LogP contribution in [0.2, 0.25) is 0 Å². The molecule has 0 aliphatic carbocycles. The van der Waals surface area contributed by atoms with Crippen LogP contribution in [-0.2, 0) is 11.4 Å². The largest absolute Gasteiger partial charge is 0.510 e. The van der Waals surface area contributed by atoms with E-state index in [0.717, 1.165) is 23.6 Å². The monoisotopic (exact) mass is 377 g/mol. The third-order valence-electron chi connectivity index (χ3n) is 3.76. The first-order chi connectivity index (χ1) is 12.6. The summed E-state index contributed by atoms with van der Waals surface area (Å²) in [5, 5.41) is 35.9. The Morgan fingerprint density at radius 1 is 1.26 bits per heavy atom. The summed E-state index contributed by atoms with van der Waals surface area (Å²) in [7, 11) is 0. The number of carbonyl (C=O) groups is 1. The smallest absolute Gasteiger partial charge is 0.355 e. The standard InChI is InChI=1S/C14H11N5O8/c1-6(20)12(7(2)21)17-14(22)16-9-3-8(18(23)24)4-10(19(25)26)13(9)27-5-11(16)15-17/h3-4,20H,5H2,1-2H3/b12-6+. The second-order valence-electron chi connectivity index (χ2n) is 5.55. The van der Waals surface area contributed by atoms with Crippen LogP contribution >= 0.6 is 0 Å². The second kappa shape index (κ2) is 6.05. The van der Waals surface area contributed by atoms with Crippen LogP contribution in [0.1, 0.15) is 19.7 Å². The highest BCUT2D eigenvalue weighted by Crippen LogP contribution is 2.40. The Kier molecular flexibility index (Phi) is 3.98. The van der Waals surface area contributed by atoms with E-state index in [-0.39, 0.29) is 23.9 Å². The molecule has 0 saturated heterocycles. The summed E-state index contributed by atoms with van der Waals surface area (Å²) >= 11 is 0. The van der Waals surface area contributed by atoms with Gasteiger partial charge >= 0.3 is 11.4 Å². The lowest BCUT2D eigenvalue weighted by Gasteiger charge is -2.17. The number of benzene rings is 1. The molecule has 1 N–H and O–H groups in total. The number of rotatable bonds is 4. The van der Waals surface area contributed by atoms with E-state index < -0.39 is 44.2 Å². The fourth-order valence-electron chi connectivity index (χ4n) is 2.72. The average Bonchev–Trinajstić information content (AvgIpc) is 2.90. The van der Waals surface area contributed by atoms with Gasteiger partial charge in [0.1, 0.15) is 23.8 Å². The minimum Gasteiger partial charge on any atom is -0.510 e. The maximum Gasteiger partial charge on any atom is 0.355 e. The van der Waals surface area contributed by atoms with Gasteiger partial charge in [0.15, 0.2) is 11.6 Å². The van der Waals surface area contributed by atoms with E-state index in [1.54, 1.807) is 0 Å². The van der Waals surface area contributed by atoms with Crippen LogP contribution in [0.3, 0.4) is 0 Å². The number of ether oxygens (including phenoxy) is 1. The topological polar surface area (TPSA) is 173 Å². The van der Waals surface area contributed by atoms with E-state index in [2.05, 4.69) is 5.10 Å². The number of aromatic nitrogens is 3. The summed E-state index contributed by atoms with van der Waals surface area (Å²) in [6.07, 6.45) is 0. The molecule has 1 aromatic heterocycles. The van der Waals surface area contributed by atoms with Gasteiger partial charge in [0.2, 0.25) is 5.75 Å². The molecule has 140 valence electrons. The van der Waals surface area contributed by atoms with Crippen LogP contribution in [0.15, 0.2) is 22.7 Å². The molecule has 1 aromatic carbocycles. The second-order valence-corrected chi connectivity index (χ2v) is 5.55. The molecule has 0 spiro atoms. The molecule has 0 bridgehead atoms. The van der Waals surface area contributed by atoms with Crippen LogP contribution in [0.4, 0.5) is 11.4 Å². The van der Waals surface area contributed by atoms with Crippen molar-refractivity contribution in [3.05, 3.63) is 54.4 Å². The van der Waals surface area contributed by atoms with Crippen molar-refractivity contribution in [3.8, 4) is 11.4 Å². The van der Waals surface area contributed by atoms with Crippen molar-refractivity contribution in [2.45, 2.75) is 20.5 Å². The number of nitrogens with zero attached hydrogens (tertiary/aromatic N) is 5. The predicted octanol–water partition coefficient (Wildman–Crippen LogP) is 1.08. The van der Waals surface area contributed by atoms with Crippen LogP contribution in [0, 0.1) is 20.2 Å². The summed E-state index contributed by atoms with van der Waals surface area (Å²) < 4.78 is 6.77. The zero-order valence-corrected chi connectivity index (χ0v) is 13.9. The summed E-state index contributed by atoms with van der Waals surface area (Å²) in [4.78, 5) is 45.1. The molecular formula is C14H11N5O8. The van der Waals surface area contributed by atoms with E-state index in [1.807, 2.05) is 0 Å². The average molecular weight is 377 g/mol. The van der Waals surface area contributed by atoms with Gasteiger partial charge in [-0.05, 0) is 6.92 Å². The van der Waals surface area contributed by atoms with Gasteiger partial charge in [-0.2, -0.15) is 4.68 Å². The maximum atomic E-state index is 12.8. The first-order valence-electron chi connectivity index (χ1n) is 7.35. The van der Waals surface area contributed by atoms with Gasteiger partial charge < -0.3 is 9.84 Å². The van der Waals surface area contributed by atoms with Gasteiger partial charge in [0.25, 0.3) is 5.69 Å². The SMILES string of the molecule is CC(=O)/C(=C(/C)O)n1nc2n(c1=O)-c1cc([N+](=O)[O-])cc([N+](=O)[O-])c1OC2. The van der Waals surface area contributed by atoms with Gasteiger partial charge in [-0.15, -0.1) is 5.10 Å². The highest BCUT2D eigenvalue weighted by atomic mass is 16.6. The van der Waals surface area contributed by atoms with Crippen LogP contribution in [0.5, 0.6) is 5.75 Å². The van der Waals surface area contributed by atoms with Crippen molar-refractivity contribution >= 4 is 22.9 Å². The normalized spacial score (nSPS) is 13.1. The molecule has 1 aliphatic heterocycles. The van der Waals surface area contributed by atoms with E-state index in [0.29, 0.717) is 4.68 Å². The number of Topliss-reactive ketones (excluding diaryl/α,β-unsaturated/α-hetero) is 1. The van der Waals surface area contributed by atoms with Crippen molar-refractivity contribution in [3.63, 3.8) is 0 Å². The molecule has 27 heavy (non-hydrogen) atoms. The van der Waals surface area contributed by atoms with Crippen LogP contribution in [0.25, 0.3) is 11.4 Å². The van der Waals surface area contributed by atoms with Crippen molar-refractivity contribution in [1.82, 2.24) is 14.3 Å². The van der Waals surface area contributed by atoms with Gasteiger partial charge in [-0.1, -0.05) is 0 Å². The van der Waals surface area contributed by atoms with E-state index in [4.69, 9.17) is 4.74 Å². The third-order valence-corrected chi connectivity index (χ3v) is 3.76. The minimum atomic E-state index is -0.942. The number of ketones is 1. The van der Waals surface area contributed by atoms with Crippen molar-refractivity contribution < 1.29 is 24.5 Å². The van der Waals surface area contributed by atoms with Gasteiger partial charge in [0.05, 0.1) is 15.9 Å². The summed E-state index contributed by atoms with van der Waals surface area (Å²) in [5.74, 6) is -1.51. The fourth-order valence-corrected chi connectivity index (χ4v) is 2.72. The number of hydrogen-bond acceptors (Lipinski definition) is 9. The number of fused-ring (bicyclic) bond motifs is 3. The summed E-state index contributed by atoms with van der Waals surface area (Å²) in [6, 6.07) is 1.65. The zero-order chi connectivity index (χ0) is 20.0. The highest BCUT2D eigenvalue weighted by Gasteiger charge is 2.34. The summed E-state index contributed by atoms with van der Waals surface area (Å²) in [6.45, 7) is 1.94. The van der Waals surface area contributed by atoms with Crippen molar-refractivity contribution in [2.24, 2.45) is 0 Å². The number of carbonyl (C=O) groups excluding carboxylic acids is 1. The van der Waals surface area contributed by atoms with Crippen LogP contribution in [-0.4, -0.2) is 35.1 Å². The Balaban J connectivity index is 2.36. The quantitative estimate of drug-likeness (QED) is 0.354. The van der Waals surface area contributed by atoms with Crippen molar-refractivity contribution in [2.75, 3.05) is 0 Å². The van der Waals surface area contributed by atoms with Gasteiger partial charge in [-0.25, -0.2) is 9.36 Å². The molecule has 0 fully saturated rings. The first kappa shape index (κ1) is 17.8. The molecule has 3 rings (SSSR count). The molecular weight excluding hydrogens is 366 g/mol. The first-order valence-corrected chi connectivity index (χ1v) is 7.35. The molecule has 0 radical (unpaired) electrons. The number of nitro benzene ring substituents is 2. The molecule has 2 heterocycles. The molecule has 0 saturated carbocycles. The zero-order valence-electron chi connectivity index (χ0n) is 13.9. The van der Waals surface area contributed by atoms with E-state index in [1.165, 1.54) is 6.92 Å².